The molecule has 1 fully saturated rings. The molecule has 1 aromatic rings. The van der Waals surface area contributed by atoms with Crippen LogP contribution in [-0.4, -0.2) is 12.9 Å². The average Bonchev–Trinajstić information content (AvgIpc) is 2.45. The summed E-state index contributed by atoms with van der Waals surface area (Å²) in [6, 6.07) is 9.68. The molecule has 1 atom stereocenters. The predicted octanol–water partition coefficient (Wildman–Crippen LogP) is 3.16. The van der Waals surface area contributed by atoms with Gasteiger partial charge in [0.15, 0.2) is 6.29 Å². The van der Waals surface area contributed by atoms with Crippen LogP contribution in [0.25, 0.3) is 0 Å². The molecule has 3 nitrogen and oxygen atoms in total. The van der Waals surface area contributed by atoms with Crippen LogP contribution in [-0.2, 0) is 15.9 Å². The fraction of sp³-hybridized carbons (Fsp3) is 0.400. The SMILES string of the molecule is N#Cc1ccc(C/C=C\OC2CCCCO2)cc1. The molecule has 0 aliphatic carbocycles. The number of hydrogen-bond donors (Lipinski definition) is 0. The molecular weight excluding hydrogens is 226 g/mol. The highest BCUT2D eigenvalue weighted by atomic mass is 16.7. The predicted molar refractivity (Wildman–Crippen MR) is 68.7 cm³/mol. The van der Waals surface area contributed by atoms with Gasteiger partial charge in [-0.05, 0) is 43.0 Å². The van der Waals surface area contributed by atoms with E-state index in [1.165, 1.54) is 12.0 Å². The molecule has 1 aromatic carbocycles. The van der Waals surface area contributed by atoms with E-state index in [-0.39, 0.29) is 6.29 Å². The van der Waals surface area contributed by atoms with E-state index in [2.05, 4.69) is 6.07 Å². The lowest BCUT2D eigenvalue weighted by molar-refractivity contribution is -0.129. The van der Waals surface area contributed by atoms with Crippen molar-refractivity contribution in [3.63, 3.8) is 0 Å². The highest BCUT2D eigenvalue weighted by molar-refractivity contribution is 5.32. The average molecular weight is 243 g/mol. The summed E-state index contributed by atoms with van der Waals surface area (Å²) in [5.41, 5.74) is 1.85. The van der Waals surface area contributed by atoms with Crippen molar-refractivity contribution in [3.8, 4) is 6.07 Å². The minimum atomic E-state index is -0.0732. The molecule has 94 valence electrons. The standard InChI is InChI=1S/C15H17NO2/c16-12-14-8-6-13(7-9-14)4-3-11-18-15-5-1-2-10-17-15/h3,6-9,11,15H,1-2,4-5,10H2/b11-3-. The molecule has 0 bridgehead atoms. The van der Waals surface area contributed by atoms with Crippen molar-refractivity contribution in [3.05, 3.63) is 47.7 Å². The van der Waals surface area contributed by atoms with Gasteiger partial charge in [-0.1, -0.05) is 12.1 Å². The Morgan fingerprint density at radius 3 is 2.83 bits per heavy atom. The van der Waals surface area contributed by atoms with Gasteiger partial charge in [-0.15, -0.1) is 0 Å². The summed E-state index contributed by atoms with van der Waals surface area (Å²) < 4.78 is 10.9. The zero-order chi connectivity index (χ0) is 12.6. The van der Waals surface area contributed by atoms with E-state index in [4.69, 9.17) is 14.7 Å². The van der Waals surface area contributed by atoms with E-state index in [0.717, 1.165) is 25.9 Å². The van der Waals surface area contributed by atoms with Gasteiger partial charge >= 0.3 is 0 Å². The maximum Gasteiger partial charge on any atom is 0.198 e. The fourth-order valence-corrected chi connectivity index (χ4v) is 1.86. The van der Waals surface area contributed by atoms with E-state index in [9.17, 15) is 0 Å². The number of allylic oxidation sites excluding steroid dienone is 1. The summed E-state index contributed by atoms with van der Waals surface area (Å²) in [7, 11) is 0. The van der Waals surface area contributed by atoms with Crippen LogP contribution in [0.5, 0.6) is 0 Å². The third-order valence-electron chi connectivity index (χ3n) is 2.90. The Bertz CT molecular complexity index is 425. The summed E-state index contributed by atoms with van der Waals surface area (Å²) in [5, 5.41) is 8.69. The van der Waals surface area contributed by atoms with Crippen LogP contribution in [0.4, 0.5) is 0 Å². The van der Waals surface area contributed by atoms with Crippen LogP contribution in [0.15, 0.2) is 36.6 Å². The van der Waals surface area contributed by atoms with Crippen LogP contribution in [0.2, 0.25) is 0 Å². The van der Waals surface area contributed by atoms with Crippen molar-refractivity contribution in [1.29, 1.82) is 5.26 Å². The normalized spacial score (nSPS) is 19.6. The Morgan fingerprint density at radius 2 is 2.17 bits per heavy atom. The van der Waals surface area contributed by atoms with Gasteiger partial charge in [0.05, 0.1) is 24.5 Å². The minimum Gasteiger partial charge on any atom is -0.473 e. The topological polar surface area (TPSA) is 42.2 Å². The molecule has 1 unspecified atom stereocenters. The van der Waals surface area contributed by atoms with Crippen molar-refractivity contribution in [1.82, 2.24) is 0 Å². The van der Waals surface area contributed by atoms with Gasteiger partial charge in [-0.3, -0.25) is 0 Å². The van der Waals surface area contributed by atoms with Gasteiger partial charge < -0.3 is 9.47 Å². The van der Waals surface area contributed by atoms with Crippen molar-refractivity contribution in [2.45, 2.75) is 32.0 Å². The third-order valence-corrected chi connectivity index (χ3v) is 2.90. The summed E-state index contributed by atoms with van der Waals surface area (Å²) in [6.45, 7) is 0.800. The highest BCUT2D eigenvalue weighted by Gasteiger charge is 2.12. The number of hydrogen-bond acceptors (Lipinski definition) is 3. The van der Waals surface area contributed by atoms with E-state index >= 15 is 0 Å². The Morgan fingerprint density at radius 1 is 1.33 bits per heavy atom. The maximum absolute atomic E-state index is 8.69. The molecule has 0 aromatic heterocycles. The Kier molecular flexibility index (Phi) is 4.80. The van der Waals surface area contributed by atoms with E-state index < -0.39 is 0 Å². The number of ether oxygens (including phenoxy) is 2. The van der Waals surface area contributed by atoms with Gasteiger partial charge in [0.2, 0.25) is 0 Å². The Hall–Kier alpha value is -1.79. The lowest BCUT2D eigenvalue weighted by Gasteiger charge is -2.21. The monoisotopic (exact) mass is 243 g/mol. The molecule has 2 rings (SSSR count). The largest absolute Gasteiger partial charge is 0.473 e. The van der Waals surface area contributed by atoms with Crippen LogP contribution in [0, 0.1) is 11.3 Å². The number of rotatable bonds is 4. The fourth-order valence-electron chi connectivity index (χ4n) is 1.86. The van der Waals surface area contributed by atoms with E-state index in [1.807, 2.05) is 30.3 Å². The Labute approximate surface area is 108 Å². The zero-order valence-electron chi connectivity index (χ0n) is 10.3. The first-order chi connectivity index (χ1) is 8.88. The molecule has 1 aliphatic heterocycles. The molecule has 0 radical (unpaired) electrons. The van der Waals surface area contributed by atoms with Crippen molar-refractivity contribution < 1.29 is 9.47 Å². The highest BCUT2D eigenvalue weighted by Crippen LogP contribution is 2.14. The molecular formula is C15H17NO2. The van der Waals surface area contributed by atoms with Crippen molar-refractivity contribution in [2.75, 3.05) is 6.61 Å². The van der Waals surface area contributed by atoms with Crippen molar-refractivity contribution in [2.24, 2.45) is 0 Å². The number of nitrogens with zero attached hydrogens (tertiary/aromatic N) is 1. The minimum absolute atomic E-state index is 0.0732. The summed E-state index contributed by atoms with van der Waals surface area (Å²) in [5.74, 6) is 0. The molecule has 1 saturated heterocycles. The molecule has 0 saturated carbocycles. The smallest absolute Gasteiger partial charge is 0.198 e. The summed E-state index contributed by atoms with van der Waals surface area (Å²) in [4.78, 5) is 0. The molecule has 0 N–H and O–H groups in total. The van der Waals surface area contributed by atoms with Gasteiger partial charge in [0, 0.05) is 6.42 Å². The third kappa shape index (κ3) is 3.90. The second-order valence-electron chi connectivity index (χ2n) is 4.32. The molecule has 1 heterocycles. The number of nitriles is 1. The summed E-state index contributed by atoms with van der Waals surface area (Å²) >= 11 is 0. The van der Waals surface area contributed by atoms with Crippen LogP contribution >= 0.6 is 0 Å². The molecule has 1 aliphatic rings. The molecule has 3 heteroatoms. The molecule has 18 heavy (non-hydrogen) atoms. The van der Waals surface area contributed by atoms with E-state index in [1.54, 1.807) is 6.26 Å². The Balaban J connectivity index is 1.74. The second kappa shape index (κ2) is 6.83. The van der Waals surface area contributed by atoms with Crippen LogP contribution < -0.4 is 0 Å². The van der Waals surface area contributed by atoms with Crippen LogP contribution in [0.1, 0.15) is 30.4 Å². The lowest BCUT2D eigenvalue weighted by atomic mass is 10.1. The first kappa shape index (κ1) is 12.7. The lowest BCUT2D eigenvalue weighted by Crippen LogP contribution is -2.19. The first-order valence-corrected chi connectivity index (χ1v) is 6.29. The molecule has 0 spiro atoms. The first-order valence-electron chi connectivity index (χ1n) is 6.29. The molecule has 0 amide bonds. The number of benzene rings is 1. The van der Waals surface area contributed by atoms with Crippen LogP contribution in [0.3, 0.4) is 0 Å². The van der Waals surface area contributed by atoms with E-state index in [0.29, 0.717) is 5.56 Å². The maximum atomic E-state index is 8.69. The summed E-state index contributed by atoms with van der Waals surface area (Å²) in [6.07, 6.45) is 7.70. The van der Waals surface area contributed by atoms with Crippen molar-refractivity contribution >= 4 is 0 Å². The van der Waals surface area contributed by atoms with Gasteiger partial charge in [-0.2, -0.15) is 5.26 Å². The zero-order valence-corrected chi connectivity index (χ0v) is 10.3. The van der Waals surface area contributed by atoms with Gasteiger partial charge in [-0.25, -0.2) is 0 Å². The second-order valence-corrected chi connectivity index (χ2v) is 4.32. The van der Waals surface area contributed by atoms with Gasteiger partial charge in [0.25, 0.3) is 0 Å². The quantitative estimate of drug-likeness (QED) is 0.763. The van der Waals surface area contributed by atoms with Gasteiger partial charge in [0.1, 0.15) is 0 Å².